The van der Waals surface area contributed by atoms with Crippen molar-refractivity contribution in [2.24, 2.45) is 5.84 Å². The molecule has 2 rings (SSSR count). The Morgan fingerprint density at radius 3 is 2.17 bits per heavy atom. The van der Waals surface area contributed by atoms with Gasteiger partial charge in [-0.15, -0.1) is 0 Å². The van der Waals surface area contributed by atoms with Gasteiger partial charge in [-0.25, -0.2) is 15.4 Å². The minimum atomic E-state index is -0.761. The number of urea groups is 1. The second-order valence-corrected chi connectivity index (χ2v) is 4.67. The minimum Gasteiger partial charge on any atom is -0.445 e. The standard InChI is InChI=1S/C16H18N4O3/c17-20-15(21)18-14(13-9-5-2-6-10-13)19-16(22)23-11-12-7-3-1-4-8-12/h1-10,14H,11,17H2,(H,19,22)(H2,18,20,21). The van der Waals surface area contributed by atoms with E-state index in [9.17, 15) is 9.59 Å². The molecule has 0 saturated carbocycles. The van der Waals surface area contributed by atoms with Crippen LogP contribution in [-0.4, -0.2) is 12.1 Å². The number of benzene rings is 2. The van der Waals surface area contributed by atoms with Crippen LogP contribution in [0.1, 0.15) is 17.3 Å². The Bertz CT molecular complexity index is 634. The SMILES string of the molecule is NNC(=O)NC(NC(=O)OCc1ccccc1)c1ccccc1. The molecule has 0 spiro atoms. The lowest BCUT2D eigenvalue weighted by Crippen LogP contribution is -2.47. The lowest BCUT2D eigenvalue weighted by atomic mass is 10.2. The molecule has 1 atom stereocenters. The molecule has 23 heavy (non-hydrogen) atoms. The minimum absolute atomic E-state index is 0.136. The number of nitrogens with one attached hydrogen (secondary N) is 3. The number of carbonyl (C=O) groups excluding carboxylic acids is 2. The zero-order valence-corrected chi connectivity index (χ0v) is 12.4. The van der Waals surface area contributed by atoms with Crippen LogP contribution >= 0.6 is 0 Å². The number of hydrazine groups is 1. The predicted molar refractivity (Wildman–Crippen MR) is 84.8 cm³/mol. The van der Waals surface area contributed by atoms with E-state index in [-0.39, 0.29) is 6.61 Å². The van der Waals surface area contributed by atoms with E-state index >= 15 is 0 Å². The highest BCUT2D eigenvalue weighted by atomic mass is 16.5. The summed E-state index contributed by atoms with van der Waals surface area (Å²) in [7, 11) is 0. The van der Waals surface area contributed by atoms with Crippen LogP contribution in [0.25, 0.3) is 0 Å². The van der Waals surface area contributed by atoms with Crippen molar-refractivity contribution in [1.82, 2.24) is 16.1 Å². The summed E-state index contributed by atoms with van der Waals surface area (Å²) in [5, 5.41) is 5.11. The molecular formula is C16H18N4O3. The molecule has 5 N–H and O–H groups in total. The van der Waals surface area contributed by atoms with E-state index in [0.717, 1.165) is 5.56 Å². The fraction of sp³-hybridized carbons (Fsp3) is 0.125. The van der Waals surface area contributed by atoms with Gasteiger partial charge in [0.05, 0.1) is 0 Å². The molecule has 0 aliphatic rings. The Balaban J connectivity index is 1.96. The van der Waals surface area contributed by atoms with Crippen LogP contribution in [0.2, 0.25) is 0 Å². The van der Waals surface area contributed by atoms with Crippen LogP contribution in [0.15, 0.2) is 60.7 Å². The van der Waals surface area contributed by atoms with Crippen LogP contribution in [0.5, 0.6) is 0 Å². The maximum Gasteiger partial charge on any atom is 0.409 e. The third-order valence-corrected chi connectivity index (χ3v) is 3.01. The molecule has 0 radical (unpaired) electrons. The van der Waals surface area contributed by atoms with Crippen LogP contribution in [0.4, 0.5) is 9.59 Å². The first-order valence-electron chi connectivity index (χ1n) is 6.98. The van der Waals surface area contributed by atoms with Crippen molar-refractivity contribution < 1.29 is 14.3 Å². The van der Waals surface area contributed by atoms with Gasteiger partial charge in [0.1, 0.15) is 12.8 Å². The van der Waals surface area contributed by atoms with Gasteiger partial charge in [0, 0.05) is 0 Å². The van der Waals surface area contributed by atoms with Gasteiger partial charge in [0.2, 0.25) is 0 Å². The quantitative estimate of drug-likeness (QED) is 0.292. The zero-order chi connectivity index (χ0) is 16.5. The third kappa shape index (κ3) is 5.33. The van der Waals surface area contributed by atoms with Crippen molar-refractivity contribution >= 4 is 12.1 Å². The number of alkyl carbamates (subject to hydrolysis) is 1. The molecule has 0 saturated heterocycles. The highest BCUT2D eigenvalue weighted by Crippen LogP contribution is 2.10. The van der Waals surface area contributed by atoms with E-state index in [1.807, 2.05) is 41.8 Å². The molecule has 1 unspecified atom stereocenters. The maximum atomic E-state index is 11.9. The molecule has 2 aromatic rings. The van der Waals surface area contributed by atoms with Crippen molar-refractivity contribution in [3.63, 3.8) is 0 Å². The average molecular weight is 314 g/mol. The van der Waals surface area contributed by atoms with Gasteiger partial charge in [-0.1, -0.05) is 60.7 Å². The van der Waals surface area contributed by atoms with Crippen molar-refractivity contribution in [2.75, 3.05) is 0 Å². The average Bonchev–Trinajstić information content (AvgIpc) is 2.61. The fourth-order valence-electron chi connectivity index (χ4n) is 1.90. The van der Waals surface area contributed by atoms with Crippen LogP contribution < -0.4 is 21.9 Å². The Labute approximate surface area is 133 Å². The summed E-state index contributed by atoms with van der Waals surface area (Å²) in [4.78, 5) is 23.4. The largest absolute Gasteiger partial charge is 0.445 e. The summed E-state index contributed by atoms with van der Waals surface area (Å²) in [6.07, 6.45) is -1.41. The molecule has 0 fully saturated rings. The predicted octanol–water partition coefficient (Wildman–Crippen LogP) is 1.78. The van der Waals surface area contributed by atoms with Gasteiger partial charge >= 0.3 is 12.1 Å². The number of amides is 3. The summed E-state index contributed by atoms with van der Waals surface area (Å²) in [6.45, 7) is 0.136. The first-order valence-corrected chi connectivity index (χ1v) is 6.98. The van der Waals surface area contributed by atoms with Crippen LogP contribution in [-0.2, 0) is 11.3 Å². The van der Waals surface area contributed by atoms with Crippen LogP contribution in [0.3, 0.4) is 0 Å². The topological polar surface area (TPSA) is 105 Å². The number of rotatable bonds is 5. The summed E-state index contributed by atoms with van der Waals surface area (Å²) >= 11 is 0. The molecule has 3 amide bonds. The van der Waals surface area contributed by atoms with E-state index in [4.69, 9.17) is 10.6 Å². The number of hydrogen-bond acceptors (Lipinski definition) is 4. The fourth-order valence-corrected chi connectivity index (χ4v) is 1.90. The lowest BCUT2D eigenvalue weighted by Gasteiger charge is -2.20. The molecule has 0 aromatic heterocycles. The van der Waals surface area contributed by atoms with E-state index in [2.05, 4.69) is 10.6 Å². The molecule has 0 aliphatic heterocycles. The molecule has 0 aliphatic carbocycles. The van der Waals surface area contributed by atoms with Crippen LogP contribution in [0, 0.1) is 0 Å². The van der Waals surface area contributed by atoms with Gasteiger partial charge in [-0.3, -0.25) is 10.7 Å². The summed E-state index contributed by atoms with van der Waals surface area (Å²) in [5.74, 6) is 5.06. The smallest absolute Gasteiger partial charge is 0.409 e. The van der Waals surface area contributed by atoms with Crippen molar-refractivity contribution in [3.05, 3.63) is 71.8 Å². The van der Waals surface area contributed by atoms with Gasteiger partial charge in [-0.05, 0) is 11.1 Å². The monoisotopic (exact) mass is 314 g/mol. The Morgan fingerprint density at radius 2 is 1.57 bits per heavy atom. The zero-order valence-electron chi connectivity index (χ0n) is 12.4. The van der Waals surface area contributed by atoms with E-state index in [0.29, 0.717) is 5.56 Å². The van der Waals surface area contributed by atoms with E-state index in [1.165, 1.54) is 0 Å². The van der Waals surface area contributed by atoms with Crippen molar-refractivity contribution in [1.29, 1.82) is 0 Å². The van der Waals surface area contributed by atoms with E-state index < -0.39 is 18.3 Å². The molecular weight excluding hydrogens is 296 g/mol. The molecule has 7 nitrogen and oxygen atoms in total. The van der Waals surface area contributed by atoms with Gasteiger partial charge in [-0.2, -0.15) is 0 Å². The Hall–Kier alpha value is -3.06. The second kappa shape index (κ2) is 8.40. The molecule has 2 aromatic carbocycles. The first kappa shape index (κ1) is 16.3. The van der Waals surface area contributed by atoms with Gasteiger partial charge < -0.3 is 10.1 Å². The maximum absolute atomic E-state index is 11.9. The van der Waals surface area contributed by atoms with Crippen molar-refractivity contribution in [3.8, 4) is 0 Å². The Morgan fingerprint density at radius 1 is 0.957 bits per heavy atom. The van der Waals surface area contributed by atoms with E-state index in [1.54, 1.807) is 24.3 Å². The summed E-state index contributed by atoms with van der Waals surface area (Å²) in [5.41, 5.74) is 3.51. The number of nitrogens with two attached hydrogens (primary N) is 1. The number of hydrogen-bond donors (Lipinski definition) is 4. The third-order valence-electron chi connectivity index (χ3n) is 3.01. The molecule has 0 bridgehead atoms. The van der Waals surface area contributed by atoms with Crippen molar-refractivity contribution in [2.45, 2.75) is 12.8 Å². The summed E-state index contributed by atoms with van der Waals surface area (Å²) in [6, 6.07) is 17.6. The van der Waals surface area contributed by atoms with Gasteiger partial charge in [0.15, 0.2) is 0 Å². The molecule has 7 heteroatoms. The first-order chi connectivity index (χ1) is 11.2. The van der Waals surface area contributed by atoms with Gasteiger partial charge in [0.25, 0.3) is 0 Å². The molecule has 120 valence electrons. The molecule has 0 heterocycles. The normalized spacial score (nSPS) is 11.2. The Kier molecular flexibility index (Phi) is 5.96. The lowest BCUT2D eigenvalue weighted by molar-refractivity contribution is 0.134. The number of ether oxygens (including phenoxy) is 1. The highest BCUT2D eigenvalue weighted by Gasteiger charge is 2.17. The highest BCUT2D eigenvalue weighted by molar-refractivity contribution is 5.75. The second-order valence-electron chi connectivity index (χ2n) is 4.67. The number of carbonyl (C=O) groups is 2. The summed E-state index contributed by atoms with van der Waals surface area (Å²) < 4.78 is 5.14.